The van der Waals surface area contributed by atoms with E-state index in [4.69, 9.17) is 23.4 Å². The number of benzene rings is 2. The number of hydrogen-bond donors (Lipinski definition) is 1. The molecule has 0 unspecified atom stereocenters. The van der Waals surface area contributed by atoms with Gasteiger partial charge in [-0.2, -0.15) is 0 Å². The van der Waals surface area contributed by atoms with E-state index in [1.54, 1.807) is 42.5 Å². The summed E-state index contributed by atoms with van der Waals surface area (Å²) in [7, 11) is 4.45. The minimum atomic E-state index is -0.942. The molecule has 0 bridgehead atoms. The number of rotatable bonds is 7. The van der Waals surface area contributed by atoms with E-state index < -0.39 is 17.7 Å². The summed E-state index contributed by atoms with van der Waals surface area (Å²) in [5.41, 5.74) is 1.80. The Morgan fingerprint density at radius 2 is 1.78 bits per heavy atom. The van der Waals surface area contributed by atoms with Crippen LogP contribution in [0.5, 0.6) is 23.0 Å². The molecule has 0 aliphatic carbocycles. The van der Waals surface area contributed by atoms with Crippen LogP contribution in [0.1, 0.15) is 35.4 Å². The Morgan fingerprint density at radius 3 is 2.41 bits per heavy atom. The van der Waals surface area contributed by atoms with Crippen molar-refractivity contribution in [3.63, 3.8) is 0 Å². The number of carbonyl (C=O) groups is 2. The zero-order chi connectivity index (χ0) is 26.3. The number of aliphatic hydroxyl groups is 1. The molecule has 0 spiro atoms. The normalized spacial score (nSPS) is 20.1. The molecule has 3 heterocycles. The van der Waals surface area contributed by atoms with Crippen LogP contribution in [-0.4, -0.2) is 49.1 Å². The summed E-state index contributed by atoms with van der Waals surface area (Å²) in [4.78, 5) is 28.1. The molecule has 2 aliphatic rings. The Hall–Kier alpha value is -4.40. The van der Waals surface area contributed by atoms with Crippen LogP contribution in [-0.2, 0) is 22.6 Å². The highest BCUT2D eigenvalue weighted by Crippen LogP contribution is 2.46. The molecule has 0 radical (unpaired) electrons. The van der Waals surface area contributed by atoms with Gasteiger partial charge in [0, 0.05) is 12.0 Å². The van der Waals surface area contributed by atoms with Crippen molar-refractivity contribution < 1.29 is 38.1 Å². The maximum Gasteiger partial charge on any atom is 0.296 e. The van der Waals surface area contributed by atoms with Gasteiger partial charge in [0.2, 0.25) is 5.75 Å². The summed E-state index contributed by atoms with van der Waals surface area (Å²) >= 11 is 0. The molecular formula is C28H27NO8. The van der Waals surface area contributed by atoms with E-state index >= 15 is 0 Å². The second-order valence-electron chi connectivity index (χ2n) is 8.92. The third-order valence-electron chi connectivity index (χ3n) is 6.62. The van der Waals surface area contributed by atoms with Gasteiger partial charge in [0.15, 0.2) is 11.5 Å². The van der Waals surface area contributed by atoms with Gasteiger partial charge in [-0.15, -0.1) is 0 Å². The highest BCUT2D eigenvalue weighted by molar-refractivity contribution is 6.46. The number of ketones is 1. The highest BCUT2D eigenvalue weighted by Gasteiger charge is 2.47. The molecule has 1 fully saturated rings. The number of fused-ring (bicyclic) bond motifs is 1. The number of methoxy groups -OCH3 is 3. The van der Waals surface area contributed by atoms with Gasteiger partial charge >= 0.3 is 0 Å². The summed E-state index contributed by atoms with van der Waals surface area (Å²) in [6, 6.07) is 11.0. The Morgan fingerprint density at radius 1 is 1.05 bits per heavy atom. The number of carbonyl (C=O) groups excluding carboxylic acids is 2. The van der Waals surface area contributed by atoms with Crippen molar-refractivity contribution in [3.05, 3.63) is 76.8 Å². The van der Waals surface area contributed by atoms with Crippen LogP contribution >= 0.6 is 0 Å². The molecule has 1 saturated heterocycles. The molecular weight excluding hydrogens is 478 g/mol. The molecule has 37 heavy (non-hydrogen) atoms. The molecule has 2 atom stereocenters. The first kappa shape index (κ1) is 24.3. The molecule has 1 aromatic heterocycles. The minimum Gasteiger partial charge on any atom is -0.507 e. The zero-order valence-electron chi connectivity index (χ0n) is 20.9. The zero-order valence-corrected chi connectivity index (χ0v) is 20.9. The first-order chi connectivity index (χ1) is 17.9. The lowest BCUT2D eigenvalue weighted by atomic mass is 9.94. The van der Waals surface area contributed by atoms with Gasteiger partial charge in [0.25, 0.3) is 11.7 Å². The van der Waals surface area contributed by atoms with Crippen LogP contribution in [0.15, 0.2) is 58.7 Å². The monoisotopic (exact) mass is 505 g/mol. The third kappa shape index (κ3) is 4.16. The van der Waals surface area contributed by atoms with Gasteiger partial charge in [-0.05, 0) is 60.5 Å². The van der Waals surface area contributed by atoms with Gasteiger partial charge in [-0.1, -0.05) is 0 Å². The Kier molecular flexibility index (Phi) is 6.29. The fourth-order valence-electron chi connectivity index (χ4n) is 4.94. The van der Waals surface area contributed by atoms with E-state index in [1.807, 2.05) is 6.92 Å². The predicted molar refractivity (Wildman–Crippen MR) is 133 cm³/mol. The Balaban J connectivity index is 1.69. The quantitative estimate of drug-likeness (QED) is 0.289. The molecule has 2 aliphatic heterocycles. The van der Waals surface area contributed by atoms with Crippen LogP contribution in [0, 0.1) is 0 Å². The largest absolute Gasteiger partial charge is 0.507 e. The number of Topliss-reactive ketones (excluding diaryl/α,β-unsaturated/α-hetero) is 1. The van der Waals surface area contributed by atoms with Crippen LogP contribution in [0.4, 0.5) is 0 Å². The van der Waals surface area contributed by atoms with Crippen molar-refractivity contribution in [2.45, 2.75) is 32.0 Å². The maximum absolute atomic E-state index is 13.4. The van der Waals surface area contributed by atoms with Crippen molar-refractivity contribution >= 4 is 17.4 Å². The Labute approximate surface area is 213 Å². The van der Waals surface area contributed by atoms with Crippen molar-refractivity contribution in [1.82, 2.24) is 4.90 Å². The first-order valence-corrected chi connectivity index (χ1v) is 11.8. The van der Waals surface area contributed by atoms with Gasteiger partial charge in [0.05, 0.1) is 45.8 Å². The highest BCUT2D eigenvalue weighted by atomic mass is 16.5. The second-order valence-corrected chi connectivity index (χ2v) is 8.92. The number of furan rings is 1. The van der Waals surface area contributed by atoms with E-state index in [0.717, 1.165) is 11.3 Å². The van der Waals surface area contributed by atoms with E-state index in [-0.39, 0.29) is 24.0 Å². The SMILES string of the molecule is COc1cc([C@H]2C(=C(O)c3ccc4c(c3)C[C@@H](C)O4)C(=O)C(=O)N2Cc2ccco2)cc(OC)c1OC. The number of aliphatic hydroxyl groups excluding tert-OH is 1. The third-order valence-corrected chi connectivity index (χ3v) is 6.62. The van der Waals surface area contributed by atoms with Gasteiger partial charge in [0.1, 0.15) is 23.4 Å². The fourth-order valence-corrected chi connectivity index (χ4v) is 4.94. The molecule has 2 aromatic carbocycles. The van der Waals surface area contributed by atoms with Crippen molar-refractivity contribution in [3.8, 4) is 23.0 Å². The summed E-state index contributed by atoms with van der Waals surface area (Å²) in [5.74, 6) is 0.466. The smallest absolute Gasteiger partial charge is 0.296 e. The molecule has 0 saturated carbocycles. The Bertz CT molecular complexity index is 1370. The van der Waals surface area contributed by atoms with Crippen molar-refractivity contribution in [2.75, 3.05) is 21.3 Å². The molecule has 3 aromatic rings. The fraction of sp³-hybridized carbons (Fsp3) is 0.286. The molecule has 1 N–H and O–H groups in total. The standard InChI is InChI=1S/C28H27NO8/c1-15-10-17-11-16(7-8-20(17)37-15)25(30)23-24(18-12-21(33-2)27(35-4)22(13-18)34-3)29(28(32)26(23)31)14-19-6-5-9-36-19/h5-9,11-13,15,24,30H,10,14H2,1-4H3/t15-,24+/m1/s1. The lowest BCUT2D eigenvalue weighted by molar-refractivity contribution is -0.140. The van der Waals surface area contributed by atoms with E-state index in [2.05, 4.69) is 0 Å². The molecule has 192 valence electrons. The lowest BCUT2D eigenvalue weighted by Crippen LogP contribution is -2.29. The number of likely N-dealkylation sites (tertiary alicyclic amines) is 1. The summed E-state index contributed by atoms with van der Waals surface area (Å²) in [5, 5.41) is 11.5. The van der Waals surface area contributed by atoms with E-state index in [9.17, 15) is 14.7 Å². The molecule has 9 heteroatoms. The average Bonchev–Trinajstić information content (AvgIpc) is 3.61. The maximum atomic E-state index is 13.4. The summed E-state index contributed by atoms with van der Waals surface area (Å²) in [6.07, 6.45) is 2.19. The van der Waals surface area contributed by atoms with Crippen molar-refractivity contribution in [2.24, 2.45) is 0 Å². The predicted octanol–water partition coefficient (Wildman–Crippen LogP) is 4.25. The van der Waals surface area contributed by atoms with Crippen molar-refractivity contribution in [1.29, 1.82) is 0 Å². The number of hydrogen-bond acceptors (Lipinski definition) is 8. The molecule has 1 amide bonds. The van der Waals surface area contributed by atoms with Gasteiger partial charge in [-0.25, -0.2) is 0 Å². The average molecular weight is 506 g/mol. The van der Waals surface area contributed by atoms with Gasteiger partial charge < -0.3 is 33.4 Å². The lowest BCUT2D eigenvalue weighted by Gasteiger charge is -2.26. The molecule has 5 rings (SSSR count). The summed E-state index contributed by atoms with van der Waals surface area (Å²) in [6.45, 7) is 1.98. The van der Waals surface area contributed by atoms with E-state index in [0.29, 0.717) is 40.6 Å². The summed E-state index contributed by atoms with van der Waals surface area (Å²) < 4.78 is 27.7. The first-order valence-electron chi connectivity index (χ1n) is 11.8. The number of nitrogens with zero attached hydrogens (tertiary/aromatic N) is 1. The molecule has 9 nitrogen and oxygen atoms in total. The number of ether oxygens (including phenoxy) is 4. The topological polar surface area (TPSA) is 108 Å². The van der Waals surface area contributed by atoms with E-state index in [1.165, 1.54) is 32.5 Å². The van der Waals surface area contributed by atoms with Gasteiger partial charge in [-0.3, -0.25) is 9.59 Å². The van der Waals surface area contributed by atoms with Crippen LogP contribution < -0.4 is 18.9 Å². The second kappa shape index (κ2) is 9.57. The number of amides is 1. The minimum absolute atomic E-state index is 0.0190. The van der Waals surface area contributed by atoms with Crippen LogP contribution in [0.25, 0.3) is 5.76 Å². The van der Waals surface area contributed by atoms with Crippen LogP contribution in [0.3, 0.4) is 0 Å². The van der Waals surface area contributed by atoms with Crippen LogP contribution in [0.2, 0.25) is 0 Å².